The van der Waals surface area contributed by atoms with Crippen LogP contribution in [0.5, 0.6) is 0 Å². The Morgan fingerprint density at radius 2 is 1.95 bits per heavy atom. The van der Waals surface area contributed by atoms with E-state index in [1.807, 2.05) is 13.1 Å². The highest BCUT2D eigenvalue weighted by atomic mass is 19.3. The predicted octanol–water partition coefficient (Wildman–Crippen LogP) is 4.29. The lowest BCUT2D eigenvalue weighted by Crippen LogP contribution is -2.54. The average molecular weight is 532 g/mol. The van der Waals surface area contributed by atoms with Gasteiger partial charge in [-0.25, -0.2) is 18.3 Å². The van der Waals surface area contributed by atoms with E-state index in [9.17, 15) is 13.6 Å². The first kappa shape index (κ1) is 27.2. The van der Waals surface area contributed by atoms with Crippen molar-refractivity contribution in [2.45, 2.75) is 90.5 Å². The number of piperazine rings is 1. The van der Waals surface area contributed by atoms with Gasteiger partial charge in [-0.3, -0.25) is 9.69 Å². The number of amides is 1. The Hall–Kier alpha value is -2.36. The number of fused-ring (bicyclic) bond motifs is 1. The number of carbonyl (C=O) groups is 1. The number of nitrogens with zero attached hydrogens (tertiary/aromatic N) is 6. The fraction of sp³-hybridized carbons (Fsp3) is 0.786. The van der Waals surface area contributed by atoms with Gasteiger partial charge in [0.15, 0.2) is 5.82 Å². The fourth-order valence-corrected chi connectivity index (χ4v) is 5.86. The third-order valence-corrected chi connectivity index (χ3v) is 9.53. The lowest BCUT2D eigenvalue weighted by Gasteiger charge is -2.41. The summed E-state index contributed by atoms with van der Waals surface area (Å²) in [4.78, 5) is 27.3. The van der Waals surface area contributed by atoms with Gasteiger partial charge in [-0.15, -0.1) is 0 Å². The number of hydrogen-bond acceptors (Lipinski definition) is 6. The second kappa shape index (κ2) is 9.68. The summed E-state index contributed by atoms with van der Waals surface area (Å²) < 4.78 is 29.8. The molecule has 1 N–H and O–H groups in total. The number of piperidine rings is 1. The molecule has 2 saturated heterocycles. The van der Waals surface area contributed by atoms with Gasteiger partial charge in [0.2, 0.25) is 11.8 Å². The van der Waals surface area contributed by atoms with Gasteiger partial charge < -0.3 is 10.2 Å². The molecule has 1 saturated carbocycles. The largest absolute Gasteiger partial charge is 0.356 e. The Kier molecular flexibility index (Phi) is 6.93. The first-order valence-electron chi connectivity index (χ1n) is 14.2. The Morgan fingerprint density at radius 1 is 1.21 bits per heavy atom. The first-order valence-corrected chi connectivity index (χ1v) is 14.2. The minimum Gasteiger partial charge on any atom is -0.356 e. The minimum atomic E-state index is -2.75. The van der Waals surface area contributed by atoms with Crippen molar-refractivity contribution in [1.29, 1.82) is 0 Å². The van der Waals surface area contributed by atoms with Crippen LogP contribution in [-0.4, -0.2) is 75.1 Å². The molecule has 2 aliphatic heterocycles. The van der Waals surface area contributed by atoms with Crippen LogP contribution in [0, 0.1) is 17.3 Å². The van der Waals surface area contributed by atoms with E-state index in [-0.39, 0.29) is 23.3 Å². The highest BCUT2D eigenvalue weighted by Crippen LogP contribution is 2.44. The van der Waals surface area contributed by atoms with Crippen LogP contribution in [0.2, 0.25) is 0 Å². The molecule has 8 nitrogen and oxygen atoms in total. The number of aromatic nitrogens is 4. The van der Waals surface area contributed by atoms with Gasteiger partial charge in [0.1, 0.15) is 5.69 Å². The molecule has 0 radical (unpaired) electrons. The third-order valence-electron chi connectivity index (χ3n) is 9.53. The number of imidazole rings is 1. The lowest BCUT2D eigenvalue weighted by atomic mass is 9.79. The molecule has 2 aromatic heterocycles. The quantitative estimate of drug-likeness (QED) is 0.548. The van der Waals surface area contributed by atoms with Crippen LogP contribution in [0.3, 0.4) is 0 Å². The van der Waals surface area contributed by atoms with E-state index < -0.39 is 11.3 Å². The van der Waals surface area contributed by atoms with Crippen LogP contribution in [0.25, 0.3) is 5.78 Å². The summed E-state index contributed by atoms with van der Waals surface area (Å²) in [5.74, 6) is -1.01. The Labute approximate surface area is 224 Å². The van der Waals surface area contributed by atoms with E-state index in [0.717, 1.165) is 56.7 Å². The number of anilines is 1. The Balaban J connectivity index is 1.44. The molecule has 3 atom stereocenters. The Bertz CT molecular complexity index is 1190. The van der Waals surface area contributed by atoms with Gasteiger partial charge in [-0.1, -0.05) is 27.7 Å². The molecule has 0 aromatic carbocycles. The summed E-state index contributed by atoms with van der Waals surface area (Å²) in [5.41, 5.74) is 0.762. The molecule has 0 bridgehead atoms. The number of hydrogen-bond donors (Lipinski definition) is 1. The van der Waals surface area contributed by atoms with E-state index in [1.54, 1.807) is 18.4 Å². The van der Waals surface area contributed by atoms with Gasteiger partial charge in [0, 0.05) is 55.4 Å². The molecule has 3 aliphatic rings. The maximum absolute atomic E-state index is 14.0. The molecule has 10 heteroatoms. The van der Waals surface area contributed by atoms with Crippen LogP contribution < -0.4 is 10.2 Å². The average Bonchev–Trinajstić information content (AvgIpc) is 3.49. The highest BCUT2D eigenvalue weighted by Gasteiger charge is 2.50. The smallest absolute Gasteiger partial charge is 0.252 e. The molecule has 38 heavy (non-hydrogen) atoms. The molecule has 5 rings (SSSR count). The molecule has 4 heterocycles. The van der Waals surface area contributed by atoms with Gasteiger partial charge >= 0.3 is 0 Å². The van der Waals surface area contributed by atoms with Gasteiger partial charge in [-0.2, -0.15) is 10.1 Å². The van der Waals surface area contributed by atoms with E-state index in [0.29, 0.717) is 31.0 Å². The number of nitrogens with one attached hydrogen (secondary N) is 1. The van der Waals surface area contributed by atoms with Crippen molar-refractivity contribution in [2.24, 2.45) is 17.3 Å². The molecule has 2 aromatic rings. The van der Waals surface area contributed by atoms with Crippen molar-refractivity contribution in [2.75, 3.05) is 38.1 Å². The zero-order chi connectivity index (χ0) is 27.5. The van der Waals surface area contributed by atoms with Crippen molar-refractivity contribution >= 4 is 17.5 Å². The van der Waals surface area contributed by atoms with Gasteiger partial charge in [-0.05, 0) is 52.0 Å². The number of carbonyl (C=O) groups excluding carboxylic acids is 1. The van der Waals surface area contributed by atoms with Crippen molar-refractivity contribution in [3.8, 4) is 0 Å². The summed E-state index contributed by atoms with van der Waals surface area (Å²) in [6, 6.07) is 0. The van der Waals surface area contributed by atoms with E-state index in [4.69, 9.17) is 15.1 Å². The summed E-state index contributed by atoms with van der Waals surface area (Å²) in [6.07, 6.45) is 6.62. The highest BCUT2D eigenvalue weighted by molar-refractivity contribution is 5.79. The SMILES string of the molecule is CC1CNC(=O)C(Cc2nn3cc(C(C)CCC(C)(C)C(C)(F)F)nc3nc2N2CCN(C)C3(CC3)C2)C1. The van der Waals surface area contributed by atoms with Crippen LogP contribution in [-0.2, 0) is 11.2 Å². The Morgan fingerprint density at radius 3 is 2.63 bits per heavy atom. The maximum Gasteiger partial charge on any atom is 0.252 e. The van der Waals surface area contributed by atoms with Crippen molar-refractivity contribution in [3.63, 3.8) is 0 Å². The van der Waals surface area contributed by atoms with Crippen LogP contribution in [0.4, 0.5) is 14.6 Å². The zero-order valence-corrected chi connectivity index (χ0v) is 23.7. The molecular formula is C28H43F2N7O. The number of rotatable bonds is 8. The standard InChI is InChI=1S/C28H43F2N7O/c1-18-13-20(24(38)31-15-18)14-21-23(36-12-11-35(6)28(17-36)9-10-28)33-25-32-22(16-37(25)34-21)19(2)7-8-26(3,4)27(5,29)30/h16,18-20H,7-15,17H2,1-6H3,(H,31,38). The summed E-state index contributed by atoms with van der Waals surface area (Å²) in [7, 11) is 2.20. The van der Waals surface area contributed by atoms with Crippen LogP contribution in [0.15, 0.2) is 6.20 Å². The summed E-state index contributed by atoms with van der Waals surface area (Å²) in [5, 5.41) is 8.02. The lowest BCUT2D eigenvalue weighted by molar-refractivity contribution is -0.127. The predicted molar refractivity (Wildman–Crippen MR) is 144 cm³/mol. The van der Waals surface area contributed by atoms with Crippen molar-refractivity contribution in [3.05, 3.63) is 17.6 Å². The van der Waals surface area contributed by atoms with E-state index in [2.05, 4.69) is 29.1 Å². The van der Waals surface area contributed by atoms with Crippen molar-refractivity contribution < 1.29 is 13.6 Å². The topological polar surface area (TPSA) is 78.7 Å². The second-order valence-electron chi connectivity index (χ2n) is 13.1. The van der Waals surface area contributed by atoms with E-state index >= 15 is 0 Å². The molecule has 210 valence electrons. The molecular weight excluding hydrogens is 488 g/mol. The van der Waals surface area contributed by atoms with Gasteiger partial charge in [0.05, 0.1) is 11.9 Å². The fourth-order valence-electron chi connectivity index (χ4n) is 5.86. The molecule has 1 spiro atoms. The monoisotopic (exact) mass is 531 g/mol. The molecule has 1 aliphatic carbocycles. The van der Waals surface area contributed by atoms with Crippen LogP contribution >= 0.6 is 0 Å². The molecule has 3 fully saturated rings. The zero-order valence-electron chi connectivity index (χ0n) is 23.7. The van der Waals surface area contributed by atoms with E-state index in [1.165, 1.54) is 12.8 Å². The number of alkyl halides is 2. The first-order chi connectivity index (χ1) is 17.8. The molecule has 3 unspecified atom stereocenters. The molecule has 1 amide bonds. The summed E-state index contributed by atoms with van der Waals surface area (Å²) in [6.45, 7) is 11.9. The third kappa shape index (κ3) is 5.25. The van der Waals surface area contributed by atoms with Gasteiger partial charge in [0.25, 0.3) is 5.78 Å². The maximum atomic E-state index is 14.0. The van der Waals surface area contributed by atoms with Crippen molar-refractivity contribution in [1.82, 2.24) is 29.8 Å². The minimum absolute atomic E-state index is 0.00429. The second-order valence-corrected chi connectivity index (χ2v) is 13.1. The number of likely N-dealkylation sites (N-methyl/N-ethyl adjacent to an activating group) is 1. The summed E-state index contributed by atoms with van der Waals surface area (Å²) >= 11 is 0. The normalized spacial score (nSPS) is 25.2. The number of halogens is 2. The van der Waals surface area contributed by atoms with Crippen LogP contribution in [0.1, 0.15) is 84.0 Å².